The molecule has 2 rings (SSSR count). The van der Waals surface area contributed by atoms with Crippen LogP contribution in [0.4, 0.5) is 0 Å². The molecule has 4 unspecified atom stereocenters. The minimum absolute atomic E-state index is 0.0427. The van der Waals surface area contributed by atoms with Crippen LogP contribution >= 0.6 is 0 Å². The summed E-state index contributed by atoms with van der Waals surface area (Å²) in [4.78, 5) is 14.2. The third kappa shape index (κ3) is 3.69. The summed E-state index contributed by atoms with van der Waals surface area (Å²) in [7, 11) is 0. The summed E-state index contributed by atoms with van der Waals surface area (Å²) in [6.45, 7) is 3.03. The lowest BCUT2D eigenvalue weighted by molar-refractivity contribution is -0.133. The second kappa shape index (κ2) is 6.71. The van der Waals surface area contributed by atoms with Crippen molar-refractivity contribution >= 4 is 5.91 Å². The number of likely N-dealkylation sites (tertiary alicyclic amines) is 1. The molecule has 110 valence electrons. The van der Waals surface area contributed by atoms with Gasteiger partial charge >= 0.3 is 0 Å². The van der Waals surface area contributed by atoms with Crippen LogP contribution in [0.25, 0.3) is 0 Å². The van der Waals surface area contributed by atoms with Gasteiger partial charge in [0.25, 0.3) is 0 Å². The van der Waals surface area contributed by atoms with E-state index in [0.717, 1.165) is 32.2 Å². The third-order valence-electron chi connectivity index (χ3n) is 4.98. The largest absolute Gasteiger partial charge is 0.394 e. The molecule has 19 heavy (non-hydrogen) atoms. The van der Waals surface area contributed by atoms with Crippen molar-refractivity contribution in [3.63, 3.8) is 0 Å². The number of nitrogens with zero attached hydrogens (tertiary/aromatic N) is 1. The third-order valence-corrected chi connectivity index (χ3v) is 4.98. The van der Waals surface area contributed by atoms with Gasteiger partial charge in [-0.25, -0.2) is 0 Å². The summed E-state index contributed by atoms with van der Waals surface area (Å²) < 4.78 is 0. The van der Waals surface area contributed by atoms with E-state index in [9.17, 15) is 9.90 Å². The Morgan fingerprint density at radius 1 is 1.37 bits per heavy atom. The average molecular weight is 268 g/mol. The van der Waals surface area contributed by atoms with Gasteiger partial charge in [0.1, 0.15) is 0 Å². The maximum absolute atomic E-state index is 12.3. The lowest BCUT2D eigenvalue weighted by Crippen LogP contribution is -2.40. The topological polar surface area (TPSA) is 66.6 Å². The molecule has 4 atom stereocenters. The van der Waals surface area contributed by atoms with Gasteiger partial charge in [-0.05, 0) is 37.5 Å². The zero-order chi connectivity index (χ0) is 13.8. The number of aliphatic hydroxyl groups excluding tert-OH is 1. The second-order valence-electron chi connectivity index (χ2n) is 6.43. The molecule has 3 N–H and O–H groups in total. The quantitative estimate of drug-likeness (QED) is 0.812. The normalized spacial score (nSPS) is 35.6. The first-order valence-electron chi connectivity index (χ1n) is 7.77. The molecule has 4 heteroatoms. The van der Waals surface area contributed by atoms with Crippen LogP contribution in [0.2, 0.25) is 0 Å². The lowest BCUT2D eigenvalue weighted by atomic mass is 9.83. The Labute approximate surface area is 116 Å². The Morgan fingerprint density at radius 2 is 2.16 bits per heavy atom. The van der Waals surface area contributed by atoms with Crippen LogP contribution in [-0.2, 0) is 4.79 Å². The fraction of sp³-hybridized carbons (Fsp3) is 0.933. The van der Waals surface area contributed by atoms with Gasteiger partial charge < -0.3 is 15.7 Å². The highest BCUT2D eigenvalue weighted by molar-refractivity contribution is 5.76. The first kappa shape index (κ1) is 14.8. The first-order chi connectivity index (χ1) is 9.11. The molecule has 0 aromatic heterocycles. The molecule has 4 nitrogen and oxygen atoms in total. The number of aliphatic hydroxyl groups is 1. The minimum Gasteiger partial charge on any atom is -0.394 e. The molecule has 0 spiro atoms. The molecule has 2 aliphatic rings. The highest BCUT2D eigenvalue weighted by Gasteiger charge is 2.33. The fourth-order valence-electron chi connectivity index (χ4n) is 3.66. The van der Waals surface area contributed by atoms with Crippen LogP contribution in [0.3, 0.4) is 0 Å². The Bertz CT molecular complexity index is 309. The van der Waals surface area contributed by atoms with Gasteiger partial charge in [0, 0.05) is 19.0 Å². The Balaban J connectivity index is 1.78. The molecule has 0 bridgehead atoms. The van der Waals surface area contributed by atoms with Crippen molar-refractivity contribution in [2.75, 3.05) is 13.2 Å². The van der Waals surface area contributed by atoms with E-state index in [2.05, 4.69) is 6.92 Å². The Kier molecular flexibility index (Phi) is 5.22. The maximum atomic E-state index is 12.3. The first-order valence-corrected chi connectivity index (χ1v) is 7.77. The number of carbonyl (C=O) groups excluding carboxylic acids is 1. The maximum Gasteiger partial charge on any atom is 0.222 e. The molecule has 0 aromatic rings. The zero-order valence-electron chi connectivity index (χ0n) is 12.1. The molecule has 1 aliphatic heterocycles. The molecule has 1 heterocycles. The number of hydrogen-bond donors (Lipinski definition) is 2. The van der Waals surface area contributed by atoms with E-state index in [1.54, 1.807) is 0 Å². The molecule has 1 aliphatic carbocycles. The zero-order valence-corrected chi connectivity index (χ0v) is 12.1. The van der Waals surface area contributed by atoms with Crippen LogP contribution in [0.5, 0.6) is 0 Å². The number of carbonyl (C=O) groups is 1. The van der Waals surface area contributed by atoms with Crippen molar-refractivity contribution in [3.8, 4) is 0 Å². The fourth-order valence-corrected chi connectivity index (χ4v) is 3.66. The molecule has 1 amide bonds. The van der Waals surface area contributed by atoms with E-state index in [1.165, 1.54) is 12.8 Å². The second-order valence-corrected chi connectivity index (χ2v) is 6.43. The van der Waals surface area contributed by atoms with Crippen molar-refractivity contribution in [1.82, 2.24) is 4.90 Å². The summed E-state index contributed by atoms with van der Waals surface area (Å²) in [5.41, 5.74) is 5.99. The molecule has 2 fully saturated rings. The smallest absolute Gasteiger partial charge is 0.222 e. The Morgan fingerprint density at radius 3 is 2.84 bits per heavy atom. The molecule has 1 saturated heterocycles. The molecular formula is C15H28N2O2. The summed E-state index contributed by atoms with van der Waals surface area (Å²) in [6, 6.07) is 0.381. The van der Waals surface area contributed by atoms with Crippen LogP contribution < -0.4 is 5.73 Å². The van der Waals surface area contributed by atoms with Crippen LogP contribution in [-0.4, -0.2) is 41.1 Å². The summed E-state index contributed by atoms with van der Waals surface area (Å²) >= 11 is 0. The van der Waals surface area contributed by atoms with E-state index in [0.29, 0.717) is 24.3 Å². The van der Waals surface area contributed by atoms with E-state index >= 15 is 0 Å². The average Bonchev–Trinajstić information content (AvgIpc) is 2.77. The molecule has 0 radical (unpaired) electrons. The number of hydrogen-bond acceptors (Lipinski definition) is 3. The van der Waals surface area contributed by atoms with Crippen molar-refractivity contribution in [1.29, 1.82) is 0 Å². The van der Waals surface area contributed by atoms with Gasteiger partial charge in [0.05, 0.1) is 12.6 Å². The number of nitrogens with two attached hydrogens (primary N) is 1. The van der Waals surface area contributed by atoms with Gasteiger partial charge in [-0.1, -0.05) is 19.8 Å². The summed E-state index contributed by atoms with van der Waals surface area (Å²) in [5, 5.41) is 9.40. The van der Waals surface area contributed by atoms with Crippen LogP contribution in [0.1, 0.15) is 51.9 Å². The van der Waals surface area contributed by atoms with Crippen molar-refractivity contribution in [3.05, 3.63) is 0 Å². The van der Waals surface area contributed by atoms with Crippen molar-refractivity contribution < 1.29 is 9.90 Å². The monoisotopic (exact) mass is 268 g/mol. The highest BCUT2D eigenvalue weighted by atomic mass is 16.3. The van der Waals surface area contributed by atoms with Gasteiger partial charge in [-0.3, -0.25) is 4.79 Å². The molecular weight excluding hydrogens is 240 g/mol. The van der Waals surface area contributed by atoms with E-state index in [1.807, 2.05) is 4.90 Å². The lowest BCUT2D eigenvalue weighted by Gasteiger charge is -2.28. The predicted molar refractivity (Wildman–Crippen MR) is 75.5 cm³/mol. The van der Waals surface area contributed by atoms with Crippen LogP contribution in [0, 0.1) is 11.8 Å². The predicted octanol–water partition coefficient (Wildman–Crippen LogP) is 1.51. The van der Waals surface area contributed by atoms with Gasteiger partial charge in [-0.15, -0.1) is 0 Å². The number of rotatable bonds is 4. The van der Waals surface area contributed by atoms with Crippen LogP contribution in [0.15, 0.2) is 0 Å². The van der Waals surface area contributed by atoms with Gasteiger partial charge in [0.2, 0.25) is 5.91 Å². The van der Waals surface area contributed by atoms with Gasteiger partial charge in [-0.2, -0.15) is 0 Å². The van der Waals surface area contributed by atoms with E-state index < -0.39 is 0 Å². The summed E-state index contributed by atoms with van der Waals surface area (Å²) in [5.74, 6) is 1.28. The van der Waals surface area contributed by atoms with Crippen molar-refractivity contribution in [2.45, 2.75) is 64.0 Å². The number of amides is 1. The SMILES string of the molecule is CC1CCN(C(=O)CCC2CCCC(N)C2)C1CO. The van der Waals surface area contributed by atoms with Gasteiger partial charge in [0.15, 0.2) is 0 Å². The van der Waals surface area contributed by atoms with Crippen molar-refractivity contribution in [2.24, 2.45) is 17.6 Å². The summed E-state index contributed by atoms with van der Waals surface area (Å²) in [6.07, 6.45) is 7.26. The minimum atomic E-state index is 0.0427. The molecule has 0 aromatic carbocycles. The standard InChI is InChI=1S/C15H28N2O2/c1-11-7-8-17(14(11)10-18)15(19)6-5-12-3-2-4-13(16)9-12/h11-14,18H,2-10,16H2,1H3. The molecule has 1 saturated carbocycles. The van der Waals surface area contributed by atoms with E-state index in [-0.39, 0.29) is 18.6 Å². The van der Waals surface area contributed by atoms with E-state index in [4.69, 9.17) is 5.73 Å². The highest BCUT2D eigenvalue weighted by Crippen LogP contribution is 2.29. The Hall–Kier alpha value is -0.610.